The first kappa shape index (κ1) is 10.7. The quantitative estimate of drug-likeness (QED) is 0.557. The smallest absolute Gasteiger partial charge is 0.180 e. The van der Waals surface area contributed by atoms with Crippen molar-refractivity contribution in [3.8, 4) is 6.07 Å². The summed E-state index contributed by atoms with van der Waals surface area (Å²) in [6.45, 7) is 1.50. The molecule has 1 aromatic carbocycles. The van der Waals surface area contributed by atoms with Crippen LogP contribution >= 0.6 is 11.6 Å². The zero-order valence-electron chi connectivity index (χ0n) is 7.47. The Kier molecular flexibility index (Phi) is 3.21. The topological polar surface area (TPSA) is 40.9 Å². The Balaban J connectivity index is 3.36. The molecular weight excluding hydrogens is 205 g/mol. The predicted octanol–water partition coefficient (Wildman–Crippen LogP) is 2.43. The number of nitriles is 1. The van der Waals surface area contributed by atoms with Gasteiger partial charge in [0.2, 0.25) is 0 Å². The molecule has 0 saturated carbocycles. The Hall–Kier alpha value is -1.40. The Morgan fingerprint density at radius 3 is 2.79 bits per heavy atom. The summed E-state index contributed by atoms with van der Waals surface area (Å²) in [5.41, 5.74) is 0.423. The van der Waals surface area contributed by atoms with E-state index in [0.717, 1.165) is 0 Å². The largest absolute Gasteiger partial charge is 0.293 e. The van der Waals surface area contributed by atoms with Gasteiger partial charge in [0, 0.05) is 0 Å². The molecule has 1 rings (SSSR count). The van der Waals surface area contributed by atoms with Gasteiger partial charge in [-0.05, 0) is 24.6 Å². The minimum absolute atomic E-state index is 0.114. The highest BCUT2D eigenvalue weighted by atomic mass is 35.5. The number of hydrogen-bond donors (Lipinski definition) is 0. The van der Waals surface area contributed by atoms with Crippen LogP contribution in [-0.2, 0) is 0 Å². The molecule has 0 aromatic heterocycles. The first-order valence-corrected chi connectivity index (χ1v) is 4.43. The second kappa shape index (κ2) is 4.21. The summed E-state index contributed by atoms with van der Waals surface area (Å²) in [4.78, 5) is 11.2. The Morgan fingerprint density at radius 2 is 2.29 bits per heavy atom. The van der Waals surface area contributed by atoms with E-state index >= 15 is 0 Å². The Morgan fingerprint density at radius 1 is 1.64 bits per heavy atom. The van der Waals surface area contributed by atoms with Crippen molar-refractivity contribution in [3.05, 3.63) is 34.6 Å². The maximum absolute atomic E-state index is 13.4. The fourth-order valence-electron chi connectivity index (χ4n) is 1.11. The SMILES string of the molecule is Cc1cc(C#N)cc(C(=O)CCl)c1F. The maximum atomic E-state index is 13.4. The van der Waals surface area contributed by atoms with Crippen molar-refractivity contribution >= 4 is 17.4 Å². The minimum atomic E-state index is -0.602. The van der Waals surface area contributed by atoms with Gasteiger partial charge in [-0.15, -0.1) is 11.6 Å². The molecule has 0 aliphatic heterocycles. The second-order valence-electron chi connectivity index (χ2n) is 2.82. The first-order valence-electron chi connectivity index (χ1n) is 3.89. The van der Waals surface area contributed by atoms with E-state index in [9.17, 15) is 9.18 Å². The van der Waals surface area contributed by atoms with Crippen LogP contribution in [0.3, 0.4) is 0 Å². The average Bonchev–Trinajstić information content (AvgIpc) is 2.20. The van der Waals surface area contributed by atoms with Gasteiger partial charge in [0.25, 0.3) is 0 Å². The standard InChI is InChI=1S/C10H7ClFNO/c1-6-2-7(5-13)3-8(10(6)12)9(14)4-11/h2-3H,4H2,1H3. The van der Waals surface area contributed by atoms with Gasteiger partial charge in [0.15, 0.2) is 5.78 Å². The van der Waals surface area contributed by atoms with Gasteiger partial charge >= 0.3 is 0 Å². The summed E-state index contributed by atoms with van der Waals surface area (Å²) in [5, 5.41) is 8.62. The highest BCUT2D eigenvalue weighted by Crippen LogP contribution is 2.16. The van der Waals surface area contributed by atoms with E-state index in [4.69, 9.17) is 16.9 Å². The number of benzene rings is 1. The lowest BCUT2D eigenvalue weighted by Crippen LogP contribution is -2.05. The van der Waals surface area contributed by atoms with Gasteiger partial charge in [-0.25, -0.2) is 4.39 Å². The van der Waals surface area contributed by atoms with Crippen LogP contribution in [0.4, 0.5) is 4.39 Å². The monoisotopic (exact) mass is 211 g/mol. The van der Waals surface area contributed by atoms with Crippen LogP contribution in [0, 0.1) is 24.1 Å². The highest BCUT2D eigenvalue weighted by molar-refractivity contribution is 6.30. The van der Waals surface area contributed by atoms with Crippen LogP contribution in [0.25, 0.3) is 0 Å². The van der Waals surface area contributed by atoms with Crippen LogP contribution < -0.4 is 0 Å². The van der Waals surface area contributed by atoms with Crippen molar-refractivity contribution in [2.75, 3.05) is 5.88 Å². The van der Waals surface area contributed by atoms with Crippen molar-refractivity contribution in [2.45, 2.75) is 6.92 Å². The zero-order chi connectivity index (χ0) is 10.7. The van der Waals surface area contributed by atoms with Crippen molar-refractivity contribution in [2.24, 2.45) is 0 Å². The Bertz CT molecular complexity index is 423. The first-order chi connectivity index (χ1) is 6.60. The number of alkyl halides is 1. The third kappa shape index (κ3) is 1.91. The zero-order valence-corrected chi connectivity index (χ0v) is 8.23. The molecule has 4 heteroatoms. The molecule has 0 saturated heterocycles. The summed E-state index contributed by atoms with van der Waals surface area (Å²) in [5.74, 6) is -1.40. The van der Waals surface area contributed by atoms with Gasteiger partial charge in [-0.1, -0.05) is 0 Å². The Labute approximate surface area is 85.9 Å². The summed E-state index contributed by atoms with van der Waals surface area (Å²) in [6.07, 6.45) is 0. The number of Topliss-reactive ketones (excluding diaryl/α,β-unsaturated/α-hetero) is 1. The van der Waals surface area contributed by atoms with E-state index in [-0.39, 0.29) is 22.6 Å². The molecule has 72 valence electrons. The molecule has 0 radical (unpaired) electrons. The van der Waals surface area contributed by atoms with Crippen LogP contribution in [0.5, 0.6) is 0 Å². The van der Waals surface area contributed by atoms with Crippen molar-refractivity contribution < 1.29 is 9.18 Å². The minimum Gasteiger partial charge on any atom is -0.293 e. The van der Waals surface area contributed by atoms with E-state index in [1.165, 1.54) is 19.1 Å². The lowest BCUT2D eigenvalue weighted by molar-refractivity contribution is 0.101. The number of halogens is 2. The van der Waals surface area contributed by atoms with Crippen LogP contribution in [-0.4, -0.2) is 11.7 Å². The van der Waals surface area contributed by atoms with Crippen molar-refractivity contribution in [1.29, 1.82) is 5.26 Å². The number of hydrogen-bond acceptors (Lipinski definition) is 2. The van der Waals surface area contributed by atoms with Gasteiger partial charge in [0.1, 0.15) is 5.82 Å². The molecular formula is C10H7ClFNO. The fourth-order valence-corrected chi connectivity index (χ4v) is 1.25. The molecule has 2 nitrogen and oxygen atoms in total. The van der Waals surface area contributed by atoms with Crippen LogP contribution in [0.15, 0.2) is 12.1 Å². The molecule has 0 fully saturated rings. The van der Waals surface area contributed by atoms with Gasteiger partial charge in [0.05, 0.1) is 23.1 Å². The molecule has 0 atom stereocenters. The van der Waals surface area contributed by atoms with Gasteiger partial charge in [-0.3, -0.25) is 4.79 Å². The summed E-state index contributed by atoms with van der Waals surface area (Å²) < 4.78 is 13.4. The van der Waals surface area contributed by atoms with Crippen LogP contribution in [0.2, 0.25) is 0 Å². The third-order valence-electron chi connectivity index (χ3n) is 1.81. The van der Waals surface area contributed by atoms with E-state index in [1.807, 2.05) is 6.07 Å². The molecule has 0 unspecified atom stereocenters. The third-order valence-corrected chi connectivity index (χ3v) is 2.05. The summed E-state index contributed by atoms with van der Waals surface area (Å²) in [6, 6.07) is 4.46. The molecule has 0 bridgehead atoms. The predicted molar refractivity (Wildman–Crippen MR) is 50.9 cm³/mol. The molecule has 0 aliphatic rings. The van der Waals surface area contributed by atoms with Crippen LogP contribution in [0.1, 0.15) is 21.5 Å². The fraction of sp³-hybridized carbons (Fsp3) is 0.200. The molecule has 0 heterocycles. The van der Waals surface area contributed by atoms with E-state index < -0.39 is 11.6 Å². The molecule has 0 amide bonds. The van der Waals surface area contributed by atoms with Crippen molar-refractivity contribution in [1.82, 2.24) is 0 Å². The van der Waals surface area contributed by atoms with E-state index in [1.54, 1.807) is 0 Å². The molecule has 0 N–H and O–H groups in total. The van der Waals surface area contributed by atoms with E-state index in [0.29, 0.717) is 0 Å². The number of carbonyl (C=O) groups excluding carboxylic acids is 1. The number of carbonyl (C=O) groups is 1. The normalized spacial score (nSPS) is 9.57. The average molecular weight is 212 g/mol. The number of ketones is 1. The molecule has 0 aliphatic carbocycles. The molecule has 0 spiro atoms. The van der Waals surface area contributed by atoms with Gasteiger partial charge in [-0.2, -0.15) is 5.26 Å². The molecule has 14 heavy (non-hydrogen) atoms. The van der Waals surface area contributed by atoms with E-state index in [2.05, 4.69) is 0 Å². The number of aryl methyl sites for hydroxylation is 1. The lowest BCUT2D eigenvalue weighted by atomic mass is 10.0. The van der Waals surface area contributed by atoms with Crippen molar-refractivity contribution in [3.63, 3.8) is 0 Å². The molecule has 1 aromatic rings. The number of rotatable bonds is 2. The summed E-state index contributed by atoms with van der Waals surface area (Å²) >= 11 is 5.31. The highest BCUT2D eigenvalue weighted by Gasteiger charge is 2.13. The maximum Gasteiger partial charge on any atom is 0.180 e. The number of nitrogens with zero attached hydrogens (tertiary/aromatic N) is 1. The van der Waals surface area contributed by atoms with Gasteiger partial charge < -0.3 is 0 Å². The second-order valence-corrected chi connectivity index (χ2v) is 3.09. The summed E-state index contributed by atoms with van der Waals surface area (Å²) in [7, 11) is 0. The lowest BCUT2D eigenvalue weighted by Gasteiger charge is -2.03.